The topological polar surface area (TPSA) is 25.8 Å². The van der Waals surface area contributed by atoms with Gasteiger partial charge in [-0.05, 0) is 89.3 Å². The second kappa shape index (κ2) is 13.9. The van der Waals surface area contributed by atoms with E-state index in [4.69, 9.17) is 9.97 Å². The third-order valence-electron chi connectivity index (χ3n) is 12.3. The minimum Gasteiger partial charge on any atom is -0.228 e. The summed E-state index contributed by atoms with van der Waals surface area (Å²) in [6.45, 7) is 4.78. The number of fused-ring (bicyclic) bond motifs is 6. The van der Waals surface area contributed by atoms with Crippen molar-refractivity contribution in [2.75, 3.05) is 0 Å². The highest BCUT2D eigenvalue weighted by Crippen LogP contribution is 2.54. The van der Waals surface area contributed by atoms with Crippen LogP contribution < -0.4 is 0 Å². The Bertz CT molecular complexity index is 3200. The normalized spacial score (nSPS) is 12.7. The molecule has 2 nitrogen and oxygen atoms in total. The van der Waals surface area contributed by atoms with Crippen molar-refractivity contribution in [3.05, 3.63) is 217 Å². The van der Waals surface area contributed by atoms with Crippen molar-refractivity contribution >= 4 is 21.5 Å². The number of benzene rings is 9. The van der Waals surface area contributed by atoms with Gasteiger partial charge in [-0.15, -0.1) is 0 Å². The molecule has 278 valence electrons. The molecular weight excluding hydrogens is 713 g/mol. The van der Waals surface area contributed by atoms with Gasteiger partial charge in [0.1, 0.15) is 0 Å². The summed E-state index contributed by atoms with van der Waals surface area (Å²) >= 11 is 0. The molecule has 2 heteroatoms. The predicted octanol–water partition coefficient (Wildman–Crippen LogP) is 15.1. The highest BCUT2D eigenvalue weighted by atomic mass is 14.9. The van der Waals surface area contributed by atoms with Crippen LogP contribution in [0.15, 0.2) is 206 Å². The largest absolute Gasteiger partial charge is 0.228 e. The molecule has 1 aliphatic carbocycles. The summed E-state index contributed by atoms with van der Waals surface area (Å²) in [5.74, 6) is 0.709. The fourth-order valence-corrected chi connectivity index (χ4v) is 9.50. The molecule has 1 aliphatic rings. The van der Waals surface area contributed by atoms with Gasteiger partial charge in [0.25, 0.3) is 0 Å². The zero-order chi connectivity index (χ0) is 39.5. The molecule has 0 aliphatic heterocycles. The van der Waals surface area contributed by atoms with E-state index >= 15 is 0 Å². The van der Waals surface area contributed by atoms with E-state index in [0.29, 0.717) is 5.82 Å². The molecular formula is C57H40N2. The van der Waals surface area contributed by atoms with Crippen molar-refractivity contribution in [1.82, 2.24) is 9.97 Å². The molecule has 1 heterocycles. The Kier molecular flexibility index (Phi) is 8.20. The van der Waals surface area contributed by atoms with Crippen molar-refractivity contribution in [1.29, 1.82) is 0 Å². The van der Waals surface area contributed by atoms with Crippen LogP contribution in [0.2, 0.25) is 0 Å². The number of nitrogens with zero attached hydrogens (tertiary/aromatic N) is 2. The molecule has 0 radical (unpaired) electrons. The van der Waals surface area contributed by atoms with Crippen LogP contribution in [-0.4, -0.2) is 9.97 Å². The van der Waals surface area contributed by atoms with Crippen molar-refractivity contribution in [3.63, 3.8) is 0 Å². The van der Waals surface area contributed by atoms with Gasteiger partial charge < -0.3 is 0 Å². The number of hydrogen-bond acceptors (Lipinski definition) is 2. The average Bonchev–Trinajstić information content (AvgIpc) is 3.55. The van der Waals surface area contributed by atoms with Crippen molar-refractivity contribution in [2.24, 2.45) is 0 Å². The maximum absolute atomic E-state index is 5.26. The van der Waals surface area contributed by atoms with Crippen molar-refractivity contribution < 1.29 is 0 Å². The molecule has 0 amide bonds. The molecule has 0 atom stereocenters. The van der Waals surface area contributed by atoms with Gasteiger partial charge >= 0.3 is 0 Å². The number of aromatic nitrogens is 2. The molecule has 0 spiro atoms. The number of rotatable bonds is 6. The van der Waals surface area contributed by atoms with Crippen LogP contribution in [0.3, 0.4) is 0 Å². The van der Waals surface area contributed by atoms with E-state index in [2.05, 4.69) is 214 Å². The first-order valence-electron chi connectivity index (χ1n) is 20.4. The summed E-state index contributed by atoms with van der Waals surface area (Å²) in [7, 11) is 0. The standard InChI is InChI=1S/C57H40N2/c1-57(2)54-46(22-13-23-49(54)50-33-32-39-16-9-10-19-45(39)55(50)57)41-28-26-40(27-29-41)44-34-35-51(48-21-12-11-20-47(44)48)56-58-52(42-17-7-4-8-18-42)36-53(59-56)43-30-24-38(25-31-43)37-14-5-3-6-15-37/h3-36H,1-2H3. The van der Waals surface area contributed by atoms with Gasteiger partial charge in [0.2, 0.25) is 0 Å². The van der Waals surface area contributed by atoms with Crippen molar-refractivity contribution in [3.8, 4) is 78.4 Å². The lowest BCUT2D eigenvalue weighted by atomic mass is 9.77. The maximum atomic E-state index is 5.26. The van der Waals surface area contributed by atoms with E-state index in [1.807, 2.05) is 6.07 Å². The first kappa shape index (κ1) is 34.8. The summed E-state index contributed by atoms with van der Waals surface area (Å²) in [6, 6.07) is 74.2. The molecule has 0 N–H and O–H groups in total. The molecule has 59 heavy (non-hydrogen) atoms. The Balaban J connectivity index is 0.984. The predicted molar refractivity (Wildman–Crippen MR) is 247 cm³/mol. The van der Waals surface area contributed by atoms with Crippen LogP contribution in [0, 0.1) is 0 Å². The van der Waals surface area contributed by atoms with E-state index in [-0.39, 0.29) is 5.41 Å². The minimum absolute atomic E-state index is 0.141. The minimum atomic E-state index is -0.141. The van der Waals surface area contributed by atoms with Crippen LogP contribution in [0.4, 0.5) is 0 Å². The fourth-order valence-electron chi connectivity index (χ4n) is 9.50. The smallest absolute Gasteiger partial charge is 0.161 e. The second-order valence-electron chi connectivity index (χ2n) is 16.1. The summed E-state index contributed by atoms with van der Waals surface area (Å²) in [5, 5.41) is 4.93. The first-order chi connectivity index (χ1) is 29.0. The molecule has 1 aromatic heterocycles. The Morgan fingerprint density at radius 1 is 0.305 bits per heavy atom. The third kappa shape index (κ3) is 5.87. The average molecular weight is 753 g/mol. The molecule has 0 saturated carbocycles. The maximum Gasteiger partial charge on any atom is 0.161 e. The molecule has 10 aromatic rings. The molecule has 0 saturated heterocycles. The molecule has 9 aromatic carbocycles. The molecule has 0 unspecified atom stereocenters. The molecule has 0 fully saturated rings. The molecule has 0 bridgehead atoms. The van der Waals surface area contributed by atoms with Gasteiger partial charge in [0, 0.05) is 22.1 Å². The monoisotopic (exact) mass is 752 g/mol. The second-order valence-corrected chi connectivity index (χ2v) is 16.1. The van der Waals surface area contributed by atoms with Gasteiger partial charge in [0.15, 0.2) is 5.82 Å². The Morgan fingerprint density at radius 2 is 0.763 bits per heavy atom. The van der Waals surface area contributed by atoms with Gasteiger partial charge in [0.05, 0.1) is 11.4 Å². The lowest BCUT2D eigenvalue weighted by Crippen LogP contribution is -2.16. The van der Waals surface area contributed by atoms with Gasteiger partial charge in [-0.3, -0.25) is 0 Å². The van der Waals surface area contributed by atoms with Gasteiger partial charge in [-0.2, -0.15) is 0 Å². The van der Waals surface area contributed by atoms with Crippen molar-refractivity contribution in [2.45, 2.75) is 19.3 Å². The van der Waals surface area contributed by atoms with Crippen LogP contribution >= 0.6 is 0 Å². The summed E-state index contributed by atoms with van der Waals surface area (Å²) in [6.07, 6.45) is 0. The SMILES string of the molecule is CC1(C)c2c(-c3ccc(-c4ccc(-c5nc(-c6ccccc6)cc(-c6ccc(-c7ccccc7)cc6)n5)c5ccccc45)cc3)cccc2-c2ccc3ccccc3c21. The highest BCUT2D eigenvalue weighted by Gasteiger charge is 2.38. The first-order valence-corrected chi connectivity index (χ1v) is 20.4. The lowest BCUT2D eigenvalue weighted by molar-refractivity contribution is 0.668. The van der Waals surface area contributed by atoms with E-state index in [9.17, 15) is 0 Å². The van der Waals surface area contributed by atoms with Gasteiger partial charge in [-0.25, -0.2) is 9.97 Å². The fraction of sp³-hybridized carbons (Fsp3) is 0.0526. The van der Waals surface area contributed by atoms with E-state index in [1.54, 1.807) is 0 Å². The molecule has 11 rings (SSSR count). The third-order valence-corrected chi connectivity index (χ3v) is 12.3. The Hall–Kier alpha value is -7.42. The quantitative estimate of drug-likeness (QED) is 0.169. The number of hydrogen-bond donors (Lipinski definition) is 0. The zero-order valence-electron chi connectivity index (χ0n) is 33.0. The Labute approximate surface area is 345 Å². The summed E-state index contributed by atoms with van der Waals surface area (Å²) < 4.78 is 0. The van der Waals surface area contributed by atoms with E-state index in [1.165, 1.54) is 71.8 Å². The zero-order valence-corrected chi connectivity index (χ0v) is 33.0. The van der Waals surface area contributed by atoms with Gasteiger partial charge in [-0.1, -0.05) is 208 Å². The van der Waals surface area contributed by atoms with E-state index in [0.717, 1.165) is 33.5 Å². The van der Waals surface area contributed by atoms with Crippen LogP contribution in [0.1, 0.15) is 25.0 Å². The summed E-state index contributed by atoms with van der Waals surface area (Å²) in [4.78, 5) is 10.5. The van der Waals surface area contributed by atoms with Crippen LogP contribution in [0.25, 0.3) is 100.0 Å². The lowest BCUT2D eigenvalue weighted by Gasteiger charge is -2.26. The summed E-state index contributed by atoms with van der Waals surface area (Å²) in [5.41, 5.74) is 17.5. The van der Waals surface area contributed by atoms with Crippen LogP contribution in [-0.2, 0) is 5.41 Å². The van der Waals surface area contributed by atoms with Crippen LogP contribution in [0.5, 0.6) is 0 Å². The van der Waals surface area contributed by atoms with E-state index < -0.39 is 0 Å². The highest BCUT2D eigenvalue weighted by molar-refractivity contribution is 6.05. The Morgan fingerprint density at radius 3 is 1.46 bits per heavy atom.